The molecule has 0 spiro atoms. The number of rotatable bonds is 7. The highest BCUT2D eigenvalue weighted by molar-refractivity contribution is 5.77. The first-order valence-electron chi connectivity index (χ1n) is 11.6. The van der Waals surface area contributed by atoms with Gasteiger partial charge >= 0.3 is 11.9 Å². The van der Waals surface area contributed by atoms with E-state index in [1.165, 1.54) is 12.8 Å². The minimum Gasteiger partial charge on any atom is -0.462 e. The molecular weight excluding hydrogens is 352 g/mol. The minimum absolute atomic E-state index is 0.00298. The molecule has 4 heteroatoms. The highest BCUT2D eigenvalue weighted by atomic mass is 16.6. The van der Waals surface area contributed by atoms with E-state index in [-0.39, 0.29) is 37.0 Å². The number of carbonyl (C=O) groups is 2. The second-order valence-electron chi connectivity index (χ2n) is 10.2. The zero-order chi connectivity index (χ0) is 20.8. The van der Waals surface area contributed by atoms with Crippen LogP contribution in [0.1, 0.15) is 92.9 Å². The van der Waals surface area contributed by atoms with Gasteiger partial charge in [-0.15, -0.1) is 0 Å². The van der Waals surface area contributed by atoms with Gasteiger partial charge in [0.25, 0.3) is 0 Å². The van der Waals surface area contributed by atoms with Gasteiger partial charge in [0, 0.05) is 0 Å². The second kappa shape index (κ2) is 10.6. The van der Waals surface area contributed by atoms with Gasteiger partial charge < -0.3 is 9.47 Å². The summed E-state index contributed by atoms with van der Waals surface area (Å²) in [5, 5.41) is 0. The summed E-state index contributed by atoms with van der Waals surface area (Å²) in [6.45, 7) is 13.3. The smallest absolute Gasteiger partial charge is 0.306 e. The maximum Gasteiger partial charge on any atom is 0.306 e. The number of ether oxygens (including phenoxy) is 2. The van der Waals surface area contributed by atoms with Gasteiger partial charge in [0.2, 0.25) is 0 Å². The van der Waals surface area contributed by atoms with Gasteiger partial charge in [0.15, 0.2) is 0 Å². The summed E-state index contributed by atoms with van der Waals surface area (Å²) in [6, 6.07) is 0. The lowest BCUT2D eigenvalue weighted by Crippen LogP contribution is -2.36. The third-order valence-electron chi connectivity index (χ3n) is 7.02. The highest BCUT2D eigenvalue weighted by Crippen LogP contribution is 2.36. The van der Waals surface area contributed by atoms with Crippen LogP contribution in [-0.2, 0) is 19.1 Å². The first kappa shape index (κ1) is 23.2. The summed E-state index contributed by atoms with van der Waals surface area (Å²) in [4.78, 5) is 24.8. The van der Waals surface area contributed by atoms with Crippen molar-refractivity contribution in [1.29, 1.82) is 0 Å². The Kier molecular flexibility index (Phi) is 8.82. The average Bonchev–Trinajstić information content (AvgIpc) is 2.59. The number of hydrogen-bond donors (Lipinski definition) is 0. The number of carbonyl (C=O) groups excluding carboxylic acids is 2. The van der Waals surface area contributed by atoms with Crippen LogP contribution < -0.4 is 0 Å². The Labute approximate surface area is 172 Å². The van der Waals surface area contributed by atoms with E-state index < -0.39 is 0 Å². The summed E-state index contributed by atoms with van der Waals surface area (Å²) < 4.78 is 11.6. The van der Waals surface area contributed by atoms with Gasteiger partial charge in [0.05, 0.1) is 12.8 Å². The van der Waals surface area contributed by atoms with Crippen LogP contribution in [0, 0.1) is 35.5 Å². The Morgan fingerprint density at radius 2 is 1.07 bits per heavy atom. The molecule has 2 fully saturated rings. The molecule has 0 aromatic heterocycles. The van der Waals surface area contributed by atoms with Gasteiger partial charge in [-0.1, -0.05) is 54.4 Å². The summed E-state index contributed by atoms with van der Waals surface area (Å²) in [6.07, 6.45) is 6.79. The predicted molar refractivity (Wildman–Crippen MR) is 112 cm³/mol. The zero-order valence-electron chi connectivity index (χ0n) is 18.9. The van der Waals surface area contributed by atoms with Crippen LogP contribution >= 0.6 is 0 Å². The first-order chi connectivity index (χ1) is 13.2. The summed E-state index contributed by atoms with van der Waals surface area (Å²) >= 11 is 0. The maximum atomic E-state index is 12.4. The van der Waals surface area contributed by atoms with E-state index >= 15 is 0 Å². The molecule has 0 aliphatic heterocycles. The molecule has 0 amide bonds. The quantitative estimate of drug-likeness (QED) is 0.514. The topological polar surface area (TPSA) is 52.6 Å². The van der Waals surface area contributed by atoms with E-state index in [4.69, 9.17) is 9.47 Å². The molecule has 0 aromatic carbocycles. The van der Waals surface area contributed by atoms with Crippen molar-refractivity contribution in [3.8, 4) is 0 Å². The van der Waals surface area contributed by atoms with Crippen LogP contribution in [-0.4, -0.2) is 24.1 Å². The Morgan fingerprint density at radius 3 is 1.39 bits per heavy atom. The van der Waals surface area contributed by atoms with Crippen LogP contribution in [0.2, 0.25) is 0 Å². The molecule has 6 atom stereocenters. The van der Waals surface area contributed by atoms with Gasteiger partial charge in [0.1, 0.15) is 12.2 Å². The molecule has 0 radical (unpaired) electrons. The molecule has 4 nitrogen and oxygen atoms in total. The minimum atomic E-state index is -0.251. The molecule has 2 aliphatic rings. The Morgan fingerprint density at radius 1 is 0.714 bits per heavy atom. The predicted octanol–water partition coefficient (Wildman–Crippen LogP) is 5.77. The molecule has 0 unspecified atom stereocenters. The van der Waals surface area contributed by atoms with Gasteiger partial charge in [-0.05, 0) is 61.2 Å². The normalized spacial score (nSPS) is 33.7. The molecule has 0 heterocycles. The van der Waals surface area contributed by atoms with Crippen molar-refractivity contribution >= 4 is 11.9 Å². The van der Waals surface area contributed by atoms with E-state index in [0.29, 0.717) is 35.5 Å². The molecule has 2 aliphatic carbocycles. The largest absolute Gasteiger partial charge is 0.462 e. The van der Waals surface area contributed by atoms with Gasteiger partial charge in [-0.25, -0.2) is 0 Å². The van der Waals surface area contributed by atoms with Crippen LogP contribution in [0.25, 0.3) is 0 Å². The summed E-state index contributed by atoms with van der Waals surface area (Å²) in [5.74, 6) is 2.58. The molecule has 0 saturated heterocycles. The Bertz CT molecular complexity index is 467. The van der Waals surface area contributed by atoms with E-state index in [9.17, 15) is 9.59 Å². The Hall–Kier alpha value is -1.06. The molecule has 28 heavy (non-hydrogen) atoms. The van der Waals surface area contributed by atoms with Crippen LogP contribution in [0.15, 0.2) is 0 Å². The second-order valence-corrected chi connectivity index (χ2v) is 10.2. The van der Waals surface area contributed by atoms with E-state index in [0.717, 1.165) is 25.7 Å². The van der Waals surface area contributed by atoms with Crippen LogP contribution in [0.4, 0.5) is 0 Å². The standard InChI is InChI=1S/C24H42O4/c1-15(2)19-9-7-17(5)13-21(19)27-23(25)11-12-24(26)28-22-14-18(6)8-10-20(22)16(3)4/h15-22H,7-14H2,1-6H3/t17-,18-,19+,20+,21-,22+/m1/s1. The zero-order valence-corrected chi connectivity index (χ0v) is 18.9. The van der Waals surface area contributed by atoms with Crippen molar-refractivity contribution in [2.45, 2.75) is 105 Å². The molecule has 0 bridgehead atoms. The van der Waals surface area contributed by atoms with Crippen LogP contribution in [0.3, 0.4) is 0 Å². The van der Waals surface area contributed by atoms with Gasteiger partial charge in [-0.3, -0.25) is 9.59 Å². The fourth-order valence-electron chi connectivity index (χ4n) is 5.16. The van der Waals surface area contributed by atoms with E-state index in [1.54, 1.807) is 0 Å². The molecule has 2 saturated carbocycles. The van der Waals surface area contributed by atoms with E-state index in [2.05, 4.69) is 41.5 Å². The molecule has 0 N–H and O–H groups in total. The van der Waals surface area contributed by atoms with E-state index in [1.807, 2.05) is 0 Å². The lowest BCUT2D eigenvalue weighted by atomic mass is 9.75. The van der Waals surface area contributed by atoms with Gasteiger partial charge in [-0.2, -0.15) is 0 Å². The highest BCUT2D eigenvalue weighted by Gasteiger charge is 2.35. The van der Waals surface area contributed by atoms with Crippen molar-refractivity contribution in [3.63, 3.8) is 0 Å². The van der Waals surface area contributed by atoms with Crippen molar-refractivity contribution in [2.24, 2.45) is 35.5 Å². The van der Waals surface area contributed by atoms with Crippen molar-refractivity contribution in [2.75, 3.05) is 0 Å². The Balaban J connectivity index is 1.80. The lowest BCUT2D eigenvalue weighted by molar-refractivity contribution is -0.163. The number of esters is 2. The van der Waals surface area contributed by atoms with Crippen molar-refractivity contribution in [1.82, 2.24) is 0 Å². The molecule has 0 aromatic rings. The SMILES string of the molecule is CC(C)[C@@H]1CC[C@@H](C)C[C@@H]1OC(=O)CCC(=O)O[C@@H]1C[C@H](C)CC[C@H]1C(C)C. The molecule has 2 rings (SSSR count). The summed E-state index contributed by atoms with van der Waals surface area (Å²) in [7, 11) is 0. The monoisotopic (exact) mass is 394 g/mol. The van der Waals surface area contributed by atoms with Crippen molar-refractivity contribution < 1.29 is 19.1 Å². The fraction of sp³-hybridized carbons (Fsp3) is 0.917. The van der Waals surface area contributed by atoms with Crippen LogP contribution in [0.5, 0.6) is 0 Å². The third-order valence-corrected chi connectivity index (χ3v) is 7.02. The summed E-state index contributed by atoms with van der Waals surface area (Å²) in [5.41, 5.74) is 0. The number of hydrogen-bond acceptors (Lipinski definition) is 4. The first-order valence-corrected chi connectivity index (χ1v) is 11.6. The maximum absolute atomic E-state index is 12.4. The average molecular weight is 395 g/mol. The molecular formula is C24H42O4. The lowest BCUT2D eigenvalue weighted by Gasteiger charge is -2.37. The molecule has 162 valence electrons. The fourth-order valence-corrected chi connectivity index (χ4v) is 5.16. The van der Waals surface area contributed by atoms with Crippen molar-refractivity contribution in [3.05, 3.63) is 0 Å². The third kappa shape index (κ3) is 6.77.